The molecule has 3 atom stereocenters. The van der Waals surface area contributed by atoms with Crippen molar-refractivity contribution in [2.24, 2.45) is 11.7 Å². The molecular weight excluding hydrogens is 442 g/mol. The van der Waals surface area contributed by atoms with Gasteiger partial charge in [-0.1, -0.05) is 17.3 Å². The monoisotopic (exact) mass is 467 g/mol. The number of benzene rings is 1. The molecule has 4 amide bonds. The fourth-order valence-corrected chi connectivity index (χ4v) is 4.72. The normalized spacial score (nSPS) is 24.6. The Balaban J connectivity index is 1.26. The lowest BCUT2D eigenvalue weighted by atomic mass is 10.0. The van der Waals surface area contributed by atoms with E-state index in [-0.39, 0.29) is 35.9 Å². The third kappa shape index (κ3) is 3.89. The second-order valence-corrected chi connectivity index (χ2v) is 8.68. The standard InChI is InChI=1S/C22H25N7O5/c23-6-13-10-34-11-17(13)28-9-14(26-27-28)8-24-7-12-2-1-3-15-19(12)22(33)29(21(15)32)16-4-5-18(30)25-20(16)31/h1-3,9,13,16-17,24H,4-8,10-11,23H2,(H,25,30,31)/t13-,16?,17-/m1/s1. The van der Waals surface area contributed by atoms with Crippen molar-refractivity contribution in [2.45, 2.75) is 38.0 Å². The predicted molar refractivity (Wildman–Crippen MR) is 116 cm³/mol. The maximum atomic E-state index is 13.2. The van der Waals surface area contributed by atoms with Gasteiger partial charge in [0, 0.05) is 25.4 Å². The van der Waals surface area contributed by atoms with Gasteiger partial charge in [-0.2, -0.15) is 0 Å². The molecule has 0 bridgehead atoms. The van der Waals surface area contributed by atoms with Crippen molar-refractivity contribution >= 4 is 23.6 Å². The van der Waals surface area contributed by atoms with E-state index in [2.05, 4.69) is 20.9 Å². The van der Waals surface area contributed by atoms with Crippen molar-refractivity contribution in [3.63, 3.8) is 0 Å². The third-order valence-corrected chi connectivity index (χ3v) is 6.54. The van der Waals surface area contributed by atoms with Crippen LogP contribution in [0.5, 0.6) is 0 Å². The maximum Gasteiger partial charge on any atom is 0.262 e. The van der Waals surface area contributed by atoms with E-state index in [1.807, 2.05) is 6.20 Å². The van der Waals surface area contributed by atoms with E-state index in [4.69, 9.17) is 10.5 Å². The highest BCUT2D eigenvalue weighted by molar-refractivity contribution is 6.24. The van der Waals surface area contributed by atoms with Crippen LogP contribution in [0.1, 0.15) is 50.9 Å². The van der Waals surface area contributed by atoms with Gasteiger partial charge in [0.25, 0.3) is 11.8 Å². The molecule has 4 N–H and O–H groups in total. The smallest absolute Gasteiger partial charge is 0.262 e. The Bertz CT molecular complexity index is 1160. The molecule has 12 heteroatoms. The zero-order valence-corrected chi connectivity index (χ0v) is 18.4. The molecule has 2 fully saturated rings. The second-order valence-electron chi connectivity index (χ2n) is 8.68. The zero-order chi connectivity index (χ0) is 23.8. The first-order chi connectivity index (χ1) is 16.5. The van der Waals surface area contributed by atoms with E-state index < -0.39 is 29.7 Å². The maximum absolute atomic E-state index is 13.2. The van der Waals surface area contributed by atoms with Crippen molar-refractivity contribution in [3.8, 4) is 0 Å². The molecule has 2 aromatic rings. The molecule has 0 spiro atoms. The van der Waals surface area contributed by atoms with Gasteiger partial charge in [0.2, 0.25) is 11.8 Å². The summed E-state index contributed by atoms with van der Waals surface area (Å²) < 4.78 is 7.28. The van der Waals surface area contributed by atoms with Gasteiger partial charge in [-0.3, -0.25) is 29.4 Å². The second kappa shape index (κ2) is 9.05. The summed E-state index contributed by atoms with van der Waals surface area (Å²) >= 11 is 0. The summed E-state index contributed by atoms with van der Waals surface area (Å²) in [4.78, 5) is 50.8. The van der Waals surface area contributed by atoms with Crippen molar-refractivity contribution < 1.29 is 23.9 Å². The van der Waals surface area contributed by atoms with Crippen LogP contribution in [0.2, 0.25) is 0 Å². The van der Waals surface area contributed by atoms with E-state index >= 15 is 0 Å². The molecule has 1 aromatic carbocycles. The Morgan fingerprint density at radius 1 is 1.15 bits per heavy atom. The average molecular weight is 467 g/mol. The van der Waals surface area contributed by atoms with Crippen LogP contribution >= 0.6 is 0 Å². The SMILES string of the molecule is NC[C@@H]1COC[C@H]1n1cc(CNCc2cccc3c2C(=O)N(C2CCC(=O)NC2=O)C3=O)nn1. The fraction of sp³-hybridized carbons (Fsp3) is 0.455. The van der Waals surface area contributed by atoms with Crippen LogP contribution in [0.3, 0.4) is 0 Å². The number of nitrogens with zero attached hydrogens (tertiary/aromatic N) is 4. The summed E-state index contributed by atoms with van der Waals surface area (Å²) in [5.41, 5.74) is 7.71. The number of ether oxygens (including phenoxy) is 1. The number of carbonyl (C=O) groups is 4. The van der Waals surface area contributed by atoms with Gasteiger partial charge in [-0.25, -0.2) is 4.68 Å². The zero-order valence-electron chi connectivity index (χ0n) is 18.4. The number of aromatic nitrogens is 3. The molecule has 4 heterocycles. The molecule has 34 heavy (non-hydrogen) atoms. The van der Waals surface area contributed by atoms with Crippen LogP contribution in [-0.4, -0.2) is 69.3 Å². The van der Waals surface area contributed by atoms with Gasteiger partial charge >= 0.3 is 0 Å². The summed E-state index contributed by atoms with van der Waals surface area (Å²) in [6, 6.07) is 4.12. The number of hydrogen-bond donors (Lipinski definition) is 3. The van der Waals surface area contributed by atoms with Gasteiger partial charge < -0.3 is 15.8 Å². The van der Waals surface area contributed by atoms with Crippen LogP contribution in [0.15, 0.2) is 24.4 Å². The average Bonchev–Trinajstić information content (AvgIpc) is 3.54. The summed E-state index contributed by atoms with van der Waals surface area (Å²) in [7, 11) is 0. The Hall–Kier alpha value is -3.48. The van der Waals surface area contributed by atoms with Crippen molar-refractivity contribution in [2.75, 3.05) is 19.8 Å². The van der Waals surface area contributed by atoms with E-state index in [0.717, 1.165) is 10.6 Å². The molecule has 0 saturated carbocycles. The molecule has 3 aliphatic heterocycles. The van der Waals surface area contributed by atoms with E-state index in [1.54, 1.807) is 22.9 Å². The first kappa shape index (κ1) is 22.3. The van der Waals surface area contributed by atoms with Crippen molar-refractivity contribution in [1.29, 1.82) is 0 Å². The van der Waals surface area contributed by atoms with Gasteiger partial charge in [-0.05, 0) is 24.6 Å². The summed E-state index contributed by atoms with van der Waals surface area (Å²) in [6.07, 6.45) is 2.05. The molecule has 12 nitrogen and oxygen atoms in total. The molecule has 178 valence electrons. The lowest BCUT2D eigenvalue weighted by Gasteiger charge is -2.27. The number of imide groups is 2. The molecule has 1 aromatic heterocycles. The number of nitrogens with two attached hydrogens (primary N) is 1. The number of fused-ring (bicyclic) bond motifs is 1. The fourth-order valence-electron chi connectivity index (χ4n) is 4.72. The Morgan fingerprint density at radius 3 is 2.79 bits per heavy atom. The Morgan fingerprint density at radius 2 is 2.00 bits per heavy atom. The molecule has 1 unspecified atom stereocenters. The molecular formula is C22H25N7O5. The largest absolute Gasteiger partial charge is 0.379 e. The molecule has 0 aliphatic carbocycles. The van der Waals surface area contributed by atoms with Crippen LogP contribution in [-0.2, 0) is 27.4 Å². The van der Waals surface area contributed by atoms with Gasteiger partial charge in [-0.15, -0.1) is 5.10 Å². The van der Waals surface area contributed by atoms with Crippen molar-refractivity contribution in [1.82, 2.24) is 30.5 Å². The topological polar surface area (TPSA) is 162 Å². The minimum atomic E-state index is -0.988. The van der Waals surface area contributed by atoms with Gasteiger partial charge in [0.1, 0.15) is 6.04 Å². The van der Waals surface area contributed by atoms with Crippen LogP contribution < -0.4 is 16.4 Å². The lowest BCUT2D eigenvalue weighted by Crippen LogP contribution is -2.54. The van der Waals surface area contributed by atoms with E-state index in [9.17, 15) is 19.2 Å². The summed E-state index contributed by atoms with van der Waals surface area (Å²) in [5.74, 6) is -1.87. The third-order valence-electron chi connectivity index (χ3n) is 6.54. The highest BCUT2D eigenvalue weighted by atomic mass is 16.5. The summed E-state index contributed by atoms with van der Waals surface area (Å²) in [6.45, 7) is 2.39. The highest BCUT2D eigenvalue weighted by Gasteiger charge is 2.45. The van der Waals surface area contributed by atoms with Crippen molar-refractivity contribution in [3.05, 3.63) is 46.8 Å². The summed E-state index contributed by atoms with van der Waals surface area (Å²) in [5, 5.41) is 13.8. The van der Waals surface area contributed by atoms with Crippen LogP contribution in [0.25, 0.3) is 0 Å². The number of amides is 4. The molecule has 0 radical (unpaired) electrons. The minimum Gasteiger partial charge on any atom is -0.379 e. The Labute approximate surface area is 194 Å². The Kier molecular flexibility index (Phi) is 5.94. The first-order valence-corrected chi connectivity index (χ1v) is 11.2. The number of rotatable bonds is 7. The number of hydrogen-bond acceptors (Lipinski definition) is 9. The number of nitrogens with one attached hydrogen (secondary N) is 2. The highest BCUT2D eigenvalue weighted by Crippen LogP contribution is 2.30. The molecule has 2 saturated heterocycles. The van der Waals surface area contributed by atoms with Gasteiger partial charge in [0.05, 0.1) is 42.3 Å². The molecule has 3 aliphatic rings. The minimum absolute atomic E-state index is 0.0607. The van der Waals surface area contributed by atoms with Crippen LogP contribution in [0, 0.1) is 5.92 Å². The first-order valence-electron chi connectivity index (χ1n) is 11.2. The predicted octanol–water partition coefficient (Wildman–Crippen LogP) is -0.885. The number of piperidine rings is 1. The quantitative estimate of drug-likeness (QED) is 0.439. The molecule has 5 rings (SSSR count). The van der Waals surface area contributed by atoms with Crippen LogP contribution in [0.4, 0.5) is 0 Å². The number of carbonyl (C=O) groups excluding carboxylic acids is 4. The van der Waals surface area contributed by atoms with E-state index in [0.29, 0.717) is 38.4 Å². The van der Waals surface area contributed by atoms with Gasteiger partial charge in [0.15, 0.2) is 0 Å². The lowest BCUT2D eigenvalue weighted by molar-refractivity contribution is -0.136. The van der Waals surface area contributed by atoms with E-state index in [1.165, 1.54) is 0 Å².